The third-order valence-electron chi connectivity index (χ3n) is 5.05. The van der Waals surface area contributed by atoms with Crippen molar-refractivity contribution in [2.45, 2.75) is 38.0 Å². The highest BCUT2D eigenvalue weighted by molar-refractivity contribution is 5.99. The number of nitrogens with zero attached hydrogens (tertiary/aromatic N) is 1. The normalized spacial score (nSPS) is 14.7. The lowest BCUT2D eigenvalue weighted by molar-refractivity contribution is -0.117. The number of amides is 1. The molecule has 1 aliphatic rings. The Balaban J connectivity index is 1.68. The van der Waals surface area contributed by atoms with E-state index in [0.29, 0.717) is 29.3 Å². The smallest absolute Gasteiger partial charge is 0.232 e. The summed E-state index contributed by atoms with van der Waals surface area (Å²) in [5.74, 6) is -0.249. The Kier molecular flexibility index (Phi) is 4.75. The highest BCUT2D eigenvalue weighted by Gasteiger charge is 2.32. The Morgan fingerprint density at radius 1 is 1.22 bits per heavy atom. The maximum absolute atomic E-state index is 13.7. The molecule has 1 unspecified atom stereocenters. The van der Waals surface area contributed by atoms with Crippen LogP contribution in [0.1, 0.15) is 49.3 Å². The van der Waals surface area contributed by atoms with Gasteiger partial charge in [0.2, 0.25) is 5.91 Å². The zero-order chi connectivity index (χ0) is 18.8. The SMILES string of the molecule is CCC(C(=O)Nc1c(-c2cccc(F)c2)n[nH]c1C1CC1)c1ccccc1. The maximum atomic E-state index is 13.7. The van der Waals surface area contributed by atoms with Crippen LogP contribution in [0, 0.1) is 5.82 Å². The molecule has 1 heterocycles. The van der Waals surface area contributed by atoms with Gasteiger partial charge in [-0.3, -0.25) is 9.89 Å². The fourth-order valence-corrected chi connectivity index (χ4v) is 3.46. The number of nitrogens with one attached hydrogen (secondary N) is 2. The minimum atomic E-state index is -0.323. The lowest BCUT2D eigenvalue weighted by Gasteiger charge is -2.16. The monoisotopic (exact) mass is 363 g/mol. The van der Waals surface area contributed by atoms with Gasteiger partial charge in [0.25, 0.3) is 0 Å². The molecule has 4 rings (SSSR count). The van der Waals surface area contributed by atoms with Crippen molar-refractivity contribution in [3.63, 3.8) is 0 Å². The number of rotatable bonds is 6. The van der Waals surface area contributed by atoms with Crippen LogP contribution in [0.3, 0.4) is 0 Å². The molecular formula is C22H22FN3O. The van der Waals surface area contributed by atoms with Crippen LogP contribution in [0.2, 0.25) is 0 Å². The number of aromatic amines is 1. The first-order chi connectivity index (χ1) is 13.2. The molecule has 0 radical (unpaired) electrons. The van der Waals surface area contributed by atoms with E-state index in [1.807, 2.05) is 37.3 Å². The molecule has 27 heavy (non-hydrogen) atoms. The van der Waals surface area contributed by atoms with Crippen LogP contribution in [-0.2, 0) is 4.79 Å². The van der Waals surface area contributed by atoms with E-state index in [-0.39, 0.29) is 17.6 Å². The zero-order valence-electron chi connectivity index (χ0n) is 15.2. The number of anilines is 1. The van der Waals surface area contributed by atoms with Crippen molar-refractivity contribution < 1.29 is 9.18 Å². The number of halogens is 1. The fourth-order valence-electron chi connectivity index (χ4n) is 3.46. The summed E-state index contributed by atoms with van der Waals surface area (Å²) in [4.78, 5) is 13.1. The number of H-pyrrole nitrogens is 1. The molecule has 1 fully saturated rings. The minimum Gasteiger partial charge on any atom is -0.322 e. The number of benzene rings is 2. The third-order valence-corrected chi connectivity index (χ3v) is 5.05. The van der Waals surface area contributed by atoms with Crippen LogP contribution in [-0.4, -0.2) is 16.1 Å². The number of hydrogen-bond donors (Lipinski definition) is 2. The van der Waals surface area contributed by atoms with Crippen LogP contribution < -0.4 is 5.32 Å². The standard InChI is InChI=1S/C22H22FN3O/c1-2-18(14-7-4-3-5-8-14)22(27)24-21-19(15-11-12-15)25-26-20(21)16-9-6-10-17(23)13-16/h3-10,13,15,18H,2,11-12H2,1H3,(H,24,27)(H,25,26). The van der Waals surface area contributed by atoms with E-state index in [1.54, 1.807) is 12.1 Å². The van der Waals surface area contributed by atoms with Gasteiger partial charge in [-0.15, -0.1) is 0 Å². The van der Waals surface area contributed by atoms with Gasteiger partial charge in [0.05, 0.1) is 17.3 Å². The van der Waals surface area contributed by atoms with Crippen molar-refractivity contribution >= 4 is 11.6 Å². The van der Waals surface area contributed by atoms with E-state index in [2.05, 4.69) is 15.5 Å². The van der Waals surface area contributed by atoms with Crippen molar-refractivity contribution in [2.75, 3.05) is 5.32 Å². The average Bonchev–Trinajstić information content (AvgIpc) is 3.44. The van der Waals surface area contributed by atoms with E-state index in [0.717, 1.165) is 24.1 Å². The molecule has 0 saturated heterocycles. The molecule has 0 bridgehead atoms. The van der Waals surface area contributed by atoms with Crippen LogP contribution in [0.25, 0.3) is 11.3 Å². The first-order valence-electron chi connectivity index (χ1n) is 9.37. The summed E-state index contributed by atoms with van der Waals surface area (Å²) in [6.45, 7) is 2.00. The van der Waals surface area contributed by atoms with Gasteiger partial charge in [0.1, 0.15) is 11.5 Å². The Morgan fingerprint density at radius 2 is 2.00 bits per heavy atom. The Hall–Kier alpha value is -2.95. The molecule has 5 heteroatoms. The van der Waals surface area contributed by atoms with Crippen molar-refractivity contribution in [1.82, 2.24) is 10.2 Å². The second-order valence-electron chi connectivity index (χ2n) is 7.01. The van der Waals surface area contributed by atoms with Gasteiger partial charge in [0, 0.05) is 11.5 Å². The van der Waals surface area contributed by atoms with Crippen LogP contribution in [0.4, 0.5) is 10.1 Å². The van der Waals surface area contributed by atoms with E-state index >= 15 is 0 Å². The Labute approximate surface area is 157 Å². The topological polar surface area (TPSA) is 57.8 Å². The highest BCUT2D eigenvalue weighted by Crippen LogP contribution is 2.45. The second kappa shape index (κ2) is 7.35. The molecule has 1 atom stereocenters. The molecule has 1 aliphatic carbocycles. The van der Waals surface area contributed by atoms with Crippen molar-refractivity contribution in [1.29, 1.82) is 0 Å². The molecule has 1 aromatic heterocycles. The molecule has 0 spiro atoms. The molecule has 3 aromatic rings. The predicted octanol–water partition coefficient (Wildman–Crippen LogP) is 5.23. The Morgan fingerprint density at radius 3 is 2.67 bits per heavy atom. The van der Waals surface area contributed by atoms with Crippen LogP contribution in [0.5, 0.6) is 0 Å². The van der Waals surface area contributed by atoms with Gasteiger partial charge in [-0.05, 0) is 37.0 Å². The molecular weight excluding hydrogens is 341 g/mol. The molecule has 2 N–H and O–H groups in total. The van der Waals surface area contributed by atoms with E-state index in [9.17, 15) is 9.18 Å². The van der Waals surface area contributed by atoms with E-state index in [1.165, 1.54) is 12.1 Å². The fraction of sp³-hybridized carbons (Fsp3) is 0.273. The van der Waals surface area contributed by atoms with Gasteiger partial charge in [0.15, 0.2) is 0 Å². The zero-order valence-corrected chi connectivity index (χ0v) is 15.2. The summed E-state index contributed by atoms with van der Waals surface area (Å²) in [5.41, 5.74) is 3.85. The lowest BCUT2D eigenvalue weighted by atomic mass is 9.95. The molecule has 1 amide bonds. The van der Waals surface area contributed by atoms with Gasteiger partial charge < -0.3 is 5.32 Å². The number of carbonyl (C=O) groups is 1. The van der Waals surface area contributed by atoms with Crippen LogP contribution >= 0.6 is 0 Å². The van der Waals surface area contributed by atoms with Gasteiger partial charge in [-0.1, -0.05) is 49.4 Å². The maximum Gasteiger partial charge on any atom is 0.232 e. The summed E-state index contributed by atoms with van der Waals surface area (Å²) in [7, 11) is 0. The molecule has 1 saturated carbocycles. The van der Waals surface area contributed by atoms with Gasteiger partial charge in [-0.2, -0.15) is 5.10 Å². The first kappa shape index (κ1) is 17.5. The lowest BCUT2D eigenvalue weighted by Crippen LogP contribution is -2.21. The molecule has 4 nitrogen and oxygen atoms in total. The number of hydrogen-bond acceptors (Lipinski definition) is 2. The summed E-state index contributed by atoms with van der Waals surface area (Å²) in [6.07, 6.45) is 2.84. The number of aromatic nitrogens is 2. The Bertz CT molecular complexity index is 947. The highest BCUT2D eigenvalue weighted by atomic mass is 19.1. The second-order valence-corrected chi connectivity index (χ2v) is 7.01. The summed E-state index contributed by atoms with van der Waals surface area (Å²) in [6, 6.07) is 16.1. The van der Waals surface area contributed by atoms with E-state index in [4.69, 9.17) is 0 Å². The predicted molar refractivity (Wildman–Crippen MR) is 104 cm³/mol. The minimum absolute atomic E-state index is 0.0651. The summed E-state index contributed by atoms with van der Waals surface area (Å²) < 4.78 is 13.7. The van der Waals surface area contributed by atoms with Crippen molar-refractivity contribution in [3.05, 3.63) is 71.7 Å². The quantitative estimate of drug-likeness (QED) is 0.630. The molecule has 138 valence electrons. The summed E-state index contributed by atoms with van der Waals surface area (Å²) >= 11 is 0. The third kappa shape index (κ3) is 3.63. The summed E-state index contributed by atoms with van der Waals surface area (Å²) in [5, 5.41) is 10.6. The van der Waals surface area contributed by atoms with Crippen molar-refractivity contribution in [3.8, 4) is 11.3 Å². The average molecular weight is 363 g/mol. The van der Waals surface area contributed by atoms with Gasteiger partial charge in [-0.25, -0.2) is 4.39 Å². The van der Waals surface area contributed by atoms with Gasteiger partial charge >= 0.3 is 0 Å². The van der Waals surface area contributed by atoms with E-state index < -0.39 is 0 Å². The largest absolute Gasteiger partial charge is 0.322 e. The van der Waals surface area contributed by atoms with Crippen LogP contribution in [0.15, 0.2) is 54.6 Å². The molecule has 2 aromatic carbocycles. The molecule has 0 aliphatic heterocycles. The van der Waals surface area contributed by atoms with Crippen molar-refractivity contribution in [2.24, 2.45) is 0 Å². The first-order valence-corrected chi connectivity index (χ1v) is 9.37. The number of carbonyl (C=O) groups excluding carboxylic acids is 1.